The maximum absolute atomic E-state index is 13.1. The van der Waals surface area contributed by atoms with E-state index in [-0.39, 0.29) is 24.1 Å². The molecule has 1 aliphatic heterocycles. The molecule has 51 heavy (non-hydrogen) atoms. The SMILES string of the molecule is Cc1cc(C=CC(=O)N2CCN(Cc3ccc(CCOc4ccc(F)cc4)cc3)CC2)cc(Cl)c1Oc1ccc(OCc2cccnc2)cn1.Cl. The summed E-state index contributed by atoms with van der Waals surface area (Å²) in [5.74, 6) is 1.88. The van der Waals surface area contributed by atoms with Crippen LogP contribution in [0.4, 0.5) is 4.39 Å². The first-order chi connectivity index (χ1) is 24.4. The minimum atomic E-state index is -0.273. The van der Waals surface area contributed by atoms with Crippen LogP contribution in [0.3, 0.4) is 0 Å². The summed E-state index contributed by atoms with van der Waals surface area (Å²) in [6.45, 7) is 6.58. The number of aryl methyl sites for hydroxylation is 1. The zero-order valence-corrected chi connectivity index (χ0v) is 29.8. The number of rotatable bonds is 13. The van der Waals surface area contributed by atoms with E-state index in [1.807, 2.05) is 30.0 Å². The Morgan fingerprint density at radius 2 is 1.63 bits per heavy atom. The Morgan fingerprint density at radius 1 is 0.882 bits per heavy atom. The molecule has 0 spiro atoms. The number of carbonyl (C=O) groups is 1. The molecule has 264 valence electrons. The van der Waals surface area contributed by atoms with Gasteiger partial charge in [-0.05, 0) is 83.8 Å². The number of carbonyl (C=O) groups excluding carboxylic acids is 1. The first-order valence-electron chi connectivity index (χ1n) is 16.5. The van der Waals surface area contributed by atoms with Gasteiger partial charge in [0.05, 0.1) is 17.8 Å². The molecule has 5 aromatic rings. The van der Waals surface area contributed by atoms with Crippen molar-refractivity contribution in [3.8, 4) is 23.1 Å². The summed E-state index contributed by atoms with van der Waals surface area (Å²) in [5.41, 5.74) is 5.01. The number of ether oxygens (including phenoxy) is 3. The molecule has 1 saturated heterocycles. The maximum Gasteiger partial charge on any atom is 0.246 e. The third-order valence-corrected chi connectivity index (χ3v) is 8.58. The minimum Gasteiger partial charge on any atom is -0.493 e. The quantitative estimate of drug-likeness (QED) is 0.113. The van der Waals surface area contributed by atoms with Crippen molar-refractivity contribution in [3.63, 3.8) is 0 Å². The van der Waals surface area contributed by atoms with Crippen molar-refractivity contribution in [1.82, 2.24) is 19.8 Å². The Bertz CT molecular complexity index is 1860. The summed E-state index contributed by atoms with van der Waals surface area (Å²) < 4.78 is 30.5. The Morgan fingerprint density at radius 3 is 2.31 bits per heavy atom. The molecule has 11 heteroatoms. The van der Waals surface area contributed by atoms with Gasteiger partial charge >= 0.3 is 0 Å². The molecule has 3 heterocycles. The van der Waals surface area contributed by atoms with Crippen LogP contribution in [0.25, 0.3) is 6.08 Å². The standard InChI is InChI=1S/C40H38ClFN4O4.ClH/c1-29-23-32(24-37(41)40(29)50-38-14-13-36(26-44-38)49-28-33-3-2-17-43-25-33)8-15-39(47)46-20-18-45(19-21-46)27-31-6-4-30(5-7-31)16-22-48-35-11-9-34(42)10-12-35;/h2-15,17,23-26H,16,18-22,27-28H2,1H3;1H. The fraction of sp³-hybridized carbons (Fsp3) is 0.225. The molecular weight excluding hydrogens is 690 g/mol. The molecule has 1 fully saturated rings. The first-order valence-corrected chi connectivity index (χ1v) is 16.9. The highest BCUT2D eigenvalue weighted by atomic mass is 35.5. The van der Waals surface area contributed by atoms with E-state index in [0.717, 1.165) is 42.7 Å². The second-order valence-corrected chi connectivity index (χ2v) is 12.4. The normalized spacial score (nSPS) is 13.1. The molecule has 0 aliphatic carbocycles. The van der Waals surface area contributed by atoms with Gasteiger partial charge in [-0.15, -0.1) is 12.4 Å². The van der Waals surface area contributed by atoms with Crippen molar-refractivity contribution < 1.29 is 23.4 Å². The number of amides is 1. The van der Waals surface area contributed by atoms with E-state index in [1.54, 1.807) is 61.1 Å². The lowest BCUT2D eigenvalue weighted by Crippen LogP contribution is -2.47. The summed E-state index contributed by atoms with van der Waals surface area (Å²) in [6, 6.07) is 25.6. The summed E-state index contributed by atoms with van der Waals surface area (Å²) >= 11 is 6.60. The summed E-state index contributed by atoms with van der Waals surface area (Å²) in [7, 11) is 0. The van der Waals surface area contributed by atoms with Gasteiger partial charge in [-0.3, -0.25) is 14.7 Å². The van der Waals surface area contributed by atoms with Gasteiger partial charge in [0.15, 0.2) is 5.75 Å². The van der Waals surface area contributed by atoms with E-state index >= 15 is 0 Å². The highest BCUT2D eigenvalue weighted by Gasteiger charge is 2.20. The van der Waals surface area contributed by atoms with Gasteiger partial charge in [0.25, 0.3) is 0 Å². The molecule has 6 rings (SSSR count). The van der Waals surface area contributed by atoms with Crippen molar-refractivity contribution in [2.24, 2.45) is 0 Å². The monoisotopic (exact) mass is 728 g/mol. The first kappa shape index (κ1) is 37.3. The molecule has 0 unspecified atom stereocenters. The third kappa shape index (κ3) is 11.0. The molecule has 3 aromatic carbocycles. The number of hydrogen-bond acceptors (Lipinski definition) is 7. The largest absolute Gasteiger partial charge is 0.493 e. The molecule has 1 amide bonds. The van der Waals surface area contributed by atoms with E-state index in [9.17, 15) is 9.18 Å². The Balaban J connectivity index is 0.00000504. The number of piperazine rings is 1. The average Bonchev–Trinajstić information content (AvgIpc) is 3.14. The van der Waals surface area contributed by atoms with Gasteiger partial charge in [-0.25, -0.2) is 9.37 Å². The lowest BCUT2D eigenvalue weighted by molar-refractivity contribution is -0.127. The van der Waals surface area contributed by atoms with Crippen LogP contribution < -0.4 is 14.2 Å². The summed E-state index contributed by atoms with van der Waals surface area (Å²) in [5, 5.41) is 0.427. The molecule has 0 saturated carbocycles. The van der Waals surface area contributed by atoms with Gasteiger partial charge in [0.1, 0.15) is 23.9 Å². The smallest absolute Gasteiger partial charge is 0.246 e. The maximum atomic E-state index is 13.1. The van der Waals surface area contributed by atoms with Crippen molar-refractivity contribution in [2.75, 3.05) is 32.8 Å². The highest BCUT2D eigenvalue weighted by Crippen LogP contribution is 2.34. The topological polar surface area (TPSA) is 77.0 Å². The number of nitrogens with zero attached hydrogens (tertiary/aromatic N) is 4. The molecule has 0 atom stereocenters. The van der Waals surface area contributed by atoms with E-state index in [4.69, 9.17) is 25.8 Å². The van der Waals surface area contributed by atoms with Gasteiger partial charge in [-0.1, -0.05) is 41.9 Å². The van der Waals surface area contributed by atoms with Crippen molar-refractivity contribution >= 4 is 36.0 Å². The second kappa shape index (κ2) is 18.3. The van der Waals surface area contributed by atoms with Crippen LogP contribution in [0.2, 0.25) is 5.02 Å². The van der Waals surface area contributed by atoms with E-state index in [2.05, 4.69) is 39.1 Å². The Hall–Kier alpha value is -4.96. The van der Waals surface area contributed by atoms with E-state index in [1.165, 1.54) is 23.3 Å². The molecule has 0 radical (unpaired) electrons. The Kier molecular flexibility index (Phi) is 13.4. The number of benzene rings is 3. The molecule has 8 nitrogen and oxygen atoms in total. The molecule has 0 bridgehead atoms. The molecule has 1 aliphatic rings. The van der Waals surface area contributed by atoms with Gasteiger partial charge in [0, 0.05) is 69.2 Å². The lowest BCUT2D eigenvalue weighted by atomic mass is 10.1. The van der Waals surface area contributed by atoms with Crippen molar-refractivity contribution in [2.45, 2.75) is 26.5 Å². The summed E-state index contributed by atoms with van der Waals surface area (Å²) in [4.78, 5) is 25.7. The highest BCUT2D eigenvalue weighted by molar-refractivity contribution is 6.32. The number of halogens is 3. The molecular formula is C40H39Cl2FN4O4. The zero-order chi connectivity index (χ0) is 34.7. The lowest BCUT2D eigenvalue weighted by Gasteiger charge is -2.34. The van der Waals surface area contributed by atoms with Crippen molar-refractivity contribution in [1.29, 1.82) is 0 Å². The fourth-order valence-corrected chi connectivity index (χ4v) is 5.85. The number of aromatic nitrogens is 2. The van der Waals surface area contributed by atoms with E-state index in [0.29, 0.717) is 54.5 Å². The third-order valence-electron chi connectivity index (χ3n) is 8.30. The van der Waals surface area contributed by atoms with Gasteiger partial charge in [-0.2, -0.15) is 0 Å². The van der Waals surface area contributed by atoms with Crippen molar-refractivity contribution in [3.05, 3.63) is 148 Å². The van der Waals surface area contributed by atoms with Crippen LogP contribution in [-0.2, 0) is 24.4 Å². The van der Waals surface area contributed by atoms with Crippen LogP contribution in [0.5, 0.6) is 23.1 Å². The van der Waals surface area contributed by atoms with Gasteiger partial charge in [0.2, 0.25) is 11.8 Å². The predicted octanol–water partition coefficient (Wildman–Crippen LogP) is 8.35. The Labute approximate surface area is 308 Å². The van der Waals surface area contributed by atoms with Crippen LogP contribution in [0.1, 0.15) is 27.8 Å². The number of hydrogen-bond donors (Lipinski definition) is 0. The van der Waals surface area contributed by atoms with Crippen LogP contribution in [-0.4, -0.2) is 58.5 Å². The van der Waals surface area contributed by atoms with Crippen LogP contribution in [0.15, 0.2) is 110 Å². The average molecular weight is 730 g/mol. The molecule has 0 N–H and O–H groups in total. The summed E-state index contributed by atoms with van der Waals surface area (Å²) in [6.07, 6.45) is 9.24. The minimum absolute atomic E-state index is 0. The second-order valence-electron chi connectivity index (χ2n) is 12.0. The van der Waals surface area contributed by atoms with E-state index < -0.39 is 0 Å². The number of pyridine rings is 2. The zero-order valence-electron chi connectivity index (χ0n) is 28.2. The molecule has 2 aromatic heterocycles. The van der Waals surface area contributed by atoms with Crippen LogP contribution >= 0.6 is 24.0 Å². The predicted molar refractivity (Wildman–Crippen MR) is 199 cm³/mol. The fourth-order valence-electron chi connectivity index (χ4n) is 5.54. The van der Waals surface area contributed by atoms with Gasteiger partial charge < -0.3 is 19.1 Å². The van der Waals surface area contributed by atoms with Crippen LogP contribution in [0, 0.1) is 12.7 Å².